The van der Waals surface area contributed by atoms with Crippen molar-refractivity contribution >= 4 is 11.4 Å². The van der Waals surface area contributed by atoms with E-state index in [1.807, 2.05) is 0 Å². The maximum absolute atomic E-state index is 14.1. The fourth-order valence-electron chi connectivity index (χ4n) is 4.84. The summed E-state index contributed by atoms with van der Waals surface area (Å²) in [5.74, 6) is -0.768. The van der Waals surface area contributed by atoms with E-state index in [0.717, 1.165) is 25.0 Å². The molecule has 216 valence electrons. The van der Waals surface area contributed by atoms with Crippen molar-refractivity contribution < 1.29 is 32.2 Å². The molecule has 0 aliphatic rings. The minimum absolute atomic E-state index is 0.136. The SMILES string of the molecule is COc1cccc2nc(C(=O)/C=C(\CCCC(C)C)Cc3ccc(C(F)(F)F)c(O)c3)c(-c3ccc(F)c(C)c3)n12. The molecule has 0 amide bonds. The van der Waals surface area contributed by atoms with E-state index >= 15 is 0 Å². The fraction of sp³-hybridized carbons (Fsp3) is 0.312. The summed E-state index contributed by atoms with van der Waals surface area (Å²) in [7, 11) is 1.50. The fourth-order valence-corrected chi connectivity index (χ4v) is 4.84. The maximum Gasteiger partial charge on any atom is 0.419 e. The third-order valence-corrected chi connectivity index (χ3v) is 6.90. The van der Waals surface area contributed by atoms with Crippen LogP contribution in [0.15, 0.2) is 66.2 Å². The number of imidazole rings is 1. The van der Waals surface area contributed by atoms with Gasteiger partial charge in [0, 0.05) is 5.56 Å². The lowest BCUT2D eigenvalue weighted by molar-refractivity contribution is -0.138. The number of carbonyl (C=O) groups excluding carboxylic acids is 1. The number of aryl methyl sites for hydroxylation is 1. The van der Waals surface area contributed by atoms with E-state index in [9.17, 15) is 27.5 Å². The second kappa shape index (κ2) is 12.2. The smallest absolute Gasteiger partial charge is 0.419 e. The molecule has 4 rings (SSSR count). The first-order valence-corrected chi connectivity index (χ1v) is 13.3. The molecular formula is C32H32F4N2O3. The Hall–Kier alpha value is -4.14. The lowest BCUT2D eigenvalue weighted by atomic mass is 9.95. The number of phenolic OH excluding ortho intramolecular Hbond substituents is 1. The standard InChI is InChI=1S/C32H32F4N2O3/c1-19(2)7-5-8-21(16-22-11-13-24(26(39)17-22)32(34,35)36)18-27(40)30-31(23-12-14-25(33)20(3)15-23)38-28(37-30)9-6-10-29(38)41-4/h6,9-15,17-19,39H,5,7-8,16H2,1-4H3/b21-18+. The summed E-state index contributed by atoms with van der Waals surface area (Å²) in [5, 5.41) is 10.0. The average Bonchev–Trinajstić information content (AvgIpc) is 3.29. The summed E-state index contributed by atoms with van der Waals surface area (Å²) >= 11 is 0. The van der Waals surface area contributed by atoms with Crippen LogP contribution in [0.25, 0.3) is 16.9 Å². The van der Waals surface area contributed by atoms with Gasteiger partial charge >= 0.3 is 6.18 Å². The minimum Gasteiger partial charge on any atom is -0.507 e. The van der Waals surface area contributed by atoms with Crippen LogP contribution in [0.2, 0.25) is 0 Å². The molecule has 0 radical (unpaired) electrons. The number of carbonyl (C=O) groups is 1. The Morgan fingerprint density at radius 2 is 1.88 bits per heavy atom. The Balaban J connectivity index is 1.80. The number of nitrogens with zero attached hydrogens (tertiary/aromatic N) is 2. The zero-order valence-corrected chi connectivity index (χ0v) is 23.3. The molecule has 2 heterocycles. The lowest BCUT2D eigenvalue weighted by Gasteiger charge is -2.13. The van der Waals surface area contributed by atoms with Crippen molar-refractivity contribution in [2.75, 3.05) is 7.11 Å². The van der Waals surface area contributed by atoms with Crippen molar-refractivity contribution in [1.29, 1.82) is 0 Å². The molecule has 5 nitrogen and oxygen atoms in total. The predicted molar refractivity (Wildman–Crippen MR) is 150 cm³/mol. The largest absolute Gasteiger partial charge is 0.507 e. The monoisotopic (exact) mass is 568 g/mol. The molecule has 0 unspecified atom stereocenters. The van der Waals surface area contributed by atoms with Crippen molar-refractivity contribution in [2.45, 2.75) is 52.6 Å². The van der Waals surface area contributed by atoms with Gasteiger partial charge in [0.1, 0.15) is 22.9 Å². The molecule has 0 aliphatic heterocycles. The van der Waals surface area contributed by atoms with Gasteiger partial charge in [0.25, 0.3) is 0 Å². The molecule has 0 fully saturated rings. The Labute approximate surface area is 236 Å². The minimum atomic E-state index is -4.67. The summed E-state index contributed by atoms with van der Waals surface area (Å²) in [4.78, 5) is 18.4. The zero-order valence-electron chi connectivity index (χ0n) is 23.3. The predicted octanol–water partition coefficient (Wildman–Crippen LogP) is 8.36. The molecule has 2 aromatic carbocycles. The van der Waals surface area contributed by atoms with E-state index in [-0.39, 0.29) is 17.9 Å². The van der Waals surface area contributed by atoms with Gasteiger partial charge in [-0.05, 0) is 91.8 Å². The van der Waals surface area contributed by atoms with Crippen LogP contribution in [-0.4, -0.2) is 27.4 Å². The Bertz CT molecular complexity index is 1600. The number of methoxy groups -OCH3 is 1. The number of pyridine rings is 1. The van der Waals surface area contributed by atoms with Crippen LogP contribution in [0, 0.1) is 18.7 Å². The first-order valence-electron chi connectivity index (χ1n) is 13.3. The number of ketones is 1. The lowest BCUT2D eigenvalue weighted by Crippen LogP contribution is -2.06. The van der Waals surface area contributed by atoms with Gasteiger partial charge in [0.2, 0.25) is 5.78 Å². The first-order chi connectivity index (χ1) is 19.4. The second-order valence-electron chi connectivity index (χ2n) is 10.5. The van der Waals surface area contributed by atoms with Gasteiger partial charge in [-0.1, -0.05) is 38.0 Å². The van der Waals surface area contributed by atoms with Crippen LogP contribution in [0.3, 0.4) is 0 Å². The molecular weight excluding hydrogens is 536 g/mol. The molecule has 4 aromatic rings. The van der Waals surface area contributed by atoms with Crippen LogP contribution >= 0.6 is 0 Å². The Kier molecular flexibility index (Phi) is 8.85. The van der Waals surface area contributed by atoms with Crippen molar-refractivity contribution in [3.63, 3.8) is 0 Å². The number of aromatic nitrogens is 2. The van der Waals surface area contributed by atoms with Gasteiger partial charge in [-0.2, -0.15) is 13.2 Å². The summed E-state index contributed by atoms with van der Waals surface area (Å²) in [6.07, 6.45) is -0.816. The number of hydrogen-bond donors (Lipinski definition) is 1. The number of alkyl halides is 3. The van der Waals surface area contributed by atoms with E-state index in [1.165, 1.54) is 25.3 Å². The highest BCUT2D eigenvalue weighted by molar-refractivity contribution is 6.08. The van der Waals surface area contributed by atoms with E-state index in [2.05, 4.69) is 18.8 Å². The molecule has 0 bridgehead atoms. The molecule has 0 spiro atoms. The number of benzene rings is 2. The summed E-state index contributed by atoms with van der Waals surface area (Å²) in [6, 6.07) is 13.0. The topological polar surface area (TPSA) is 63.8 Å². The maximum atomic E-state index is 14.1. The summed E-state index contributed by atoms with van der Waals surface area (Å²) in [5.41, 5.74) is 2.05. The van der Waals surface area contributed by atoms with E-state index in [1.54, 1.807) is 41.7 Å². The van der Waals surface area contributed by atoms with Gasteiger partial charge in [-0.25, -0.2) is 9.37 Å². The van der Waals surface area contributed by atoms with Gasteiger partial charge in [-0.15, -0.1) is 0 Å². The first kappa shape index (κ1) is 29.8. The number of ether oxygens (including phenoxy) is 1. The number of aromatic hydroxyl groups is 1. The molecule has 0 saturated heterocycles. The highest BCUT2D eigenvalue weighted by Crippen LogP contribution is 2.37. The quantitative estimate of drug-likeness (QED) is 0.119. The molecule has 1 N–H and O–H groups in total. The van der Waals surface area contributed by atoms with E-state index in [4.69, 9.17) is 4.74 Å². The molecule has 0 atom stereocenters. The van der Waals surface area contributed by atoms with Crippen LogP contribution in [0.1, 0.15) is 60.3 Å². The van der Waals surface area contributed by atoms with Crippen molar-refractivity contribution in [2.24, 2.45) is 5.92 Å². The Morgan fingerprint density at radius 1 is 1.12 bits per heavy atom. The number of hydrogen-bond acceptors (Lipinski definition) is 4. The number of halogens is 4. The number of phenols is 1. The summed E-state index contributed by atoms with van der Waals surface area (Å²) < 4.78 is 60.8. The number of allylic oxidation sites excluding steroid dienone is 2. The van der Waals surface area contributed by atoms with Crippen molar-refractivity contribution in [3.8, 4) is 22.9 Å². The van der Waals surface area contributed by atoms with Crippen LogP contribution in [0.4, 0.5) is 17.6 Å². The molecule has 9 heteroatoms. The third-order valence-electron chi connectivity index (χ3n) is 6.90. The van der Waals surface area contributed by atoms with Crippen LogP contribution in [-0.2, 0) is 12.6 Å². The zero-order chi connectivity index (χ0) is 29.9. The van der Waals surface area contributed by atoms with E-state index < -0.39 is 23.3 Å². The van der Waals surface area contributed by atoms with Gasteiger partial charge in [0.15, 0.2) is 5.88 Å². The highest BCUT2D eigenvalue weighted by atomic mass is 19.4. The Morgan fingerprint density at radius 3 is 2.51 bits per heavy atom. The summed E-state index contributed by atoms with van der Waals surface area (Å²) in [6.45, 7) is 5.81. The number of fused-ring (bicyclic) bond motifs is 1. The van der Waals surface area contributed by atoms with Gasteiger partial charge in [0.05, 0.1) is 18.4 Å². The molecule has 41 heavy (non-hydrogen) atoms. The van der Waals surface area contributed by atoms with E-state index in [0.29, 0.717) is 51.8 Å². The van der Waals surface area contributed by atoms with Crippen LogP contribution < -0.4 is 4.74 Å². The second-order valence-corrected chi connectivity index (χ2v) is 10.5. The van der Waals surface area contributed by atoms with Crippen LogP contribution in [0.5, 0.6) is 11.6 Å². The number of rotatable bonds is 10. The molecule has 0 saturated carbocycles. The molecule has 2 aromatic heterocycles. The third kappa shape index (κ3) is 6.78. The average molecular weight is 569 g/mol. The normalized spacial score (nSPS) is 12.4. The van der Waals surface area contributed by atoms with Crippen molar-refractivity contribution in [1.82, 2.24) is 9.38 Å². The van der Waals surface area contributed by atoms with Gasteiger partial charge < -0.3 is 9.84 Å². The van der Waals surface area contributed by atoms with Crippen molar-refractivity contribution in [3.05, 3.63) is 94.4 Å². The molecule has 0 aliphatic carbocycles. The highest BCUT2D eigenvalue weighted by Gasteiger charge is 2.33. The van der Waals surface area contributed by atoms with Gasteiger partial charge in [-0.3, -0.25) is 9.20 Å².